The molecule has 9 heteroatoms. The van der Waals surface area contributed by atoms with Gasteiger partial charge >= 0.3 is 0 Å². The van der Waals surface area contributed by atoms with E-state index in [0.29, 0.717) is 6.54 Å². The largest absolute Gasteiger partial charge is 0.497 e. The summed E-state index contributed by atoms with van der Waals surface area (Å²) in [5.41, 5.74) is 2.45. The van der Waals surface area contributed by atoms with Crippen LogP contribution >= 0.6 is 0 Å². The summed E-state index contributed by atoms with van der Waals surface area (Å²) in [6, 6.07) is 17.3. The Bertz CT molecular complexity index is 1540. The van der Waals surface area contributed by atoms with Crippen LogP contribution in [0.15, 0.2) is 66.9 Å². The minimum Gasteiger partial charge on any atom is -0.497 e. The number of benzene rings is 3. The maximum absolute atomic E-state index is 14.8. The van der Waals surface area contributed by atoms with Crippen molar-refractivity contribution in [2.24, 2.45) is 0 Å². The minimum atomic E-state index is -1.07. The molecule has 39 heavy (non-hydrogen) atoms. The van der Waals surface area contributed by atoms with E-state index in [4.69, 9.17) is 9.84 Å². The van der Waals surface area contributed by atoms with Crippen molar-refractivity contribution in [3.05, 3.63) is 95.2 Å². The first-order valence-electron chi connectivity index (χ1n) is 13.0. The highest BCUT2D eigenvalue weighted by molar-refractivity contribution is 5.91. The summed E-state index contributed by atoms with van der Waals surface area (Å²) in [5, 5.41) is 11.1. The van der Waals surface area contributed by atoms with Gasteiger partial charge in [0, 0.05) is 53.6 Å². The molecule has 1 aliphatic carbocycles. The van der Waals surface area contributed by atoms with Gasteiger partial charge in [0.1, 0.15) is 23.4 Å². The molecule has 1 saturated heterocycles. The van der Waals surface area contributed by atoms with Gasteiger partial charge in [-0.2, -0.15) is 5.10 Å². The van der Waals surface area contributed by atoms with Crippen LogP contribution in [0, 0.1) is 11.6 Å². The lowest BCUT2D eigenvalue weighted by Crippen LogP contribution is -2.44. The fraction of sp³-hybridized carbons (Fsp3) is 0.300. The van der Waals surface area contributed by atoms with E-state index in [-0.39, 0.29) is 35.6 Å². The van der Waals surface area contributed by atoms with E-state index in [1.807, 2.05) is 47.3 Å². The Morgan fingerprint density at radius 1 is 1.13 bits per heavy atom. The fourth-order valence-corrected chi connectivity index (χ4v) is 5.59. The zero-order chi connectivity index (χ0) is 27.1. The van der Waals surface area contributed by atoms with E-state index in [0.717, 1.165) is 47.0 Å². The maximum atomic E-state index is 14.8. The Balaban J connectivity index is 1.18. The second kappa shape index (κ2) is 9.80. The number of nitrogens with zero attached hydrogens (tertiary/aromatic N) is 2. The zero-order valence-electron chi connectivity index (χ0n) is 21.4. The average molecular weight is 531 g/mol. The first-order chi connectivity index (χ1) is 18.8. The van der Waals surface area contributed by atoms with Gasteiger partial charge in [0.25, 0.3) is 0 Å². The average Bonchev–Trinajstić information content (AvgIpc) is 3.46. The van der Waals surface area contributed by atoms with E-state index in [1.165, 1.54) is 7.11 Å². The Kier molecular flexibility index (Phi) is 6.29. The normalized spacial score (nSPS) is 19.6. The number of aromatic nitrogens is 2. The SMILES string of the molecule is COc1cc(F)c([C@@H]2CNC(=O)[C@H]2NC(=O)CC2(c3ccc4cn(Cc5ccccc5)nc4c3)CC2)c(F)c1. The number of hydrogen-bond donors (Lipinski definition) is 2. The maximum Gasteiger partial charge on any atom is 0.243 e. The number of amides is 2. The van der Waals surface area contributed by atoms with E-state index in [9.17, 15) is 18.4 Å². The van der Waals surface area contributed by atoms with Crippen molar-refractivity contribution in [1.82, 2.24) is 20.4 Å². The highest BCUT2D eigenvalue weighted by atomic mass is 19.1. The minimum absolute atomic E-state index is 0.0252. The molecule has 3 aromatic carbocycles. The fourth-order valence-electron chi connectivity index (χ4n) is 5.59. The van der Waals surface area contributed by atoms with Crippen LogP contribution in [-0.2, 0) is 21.5 Å². The second-order valence-corrected chi connectivity index (χ2v) is 10.4. The van der Waals surface area contributed by atoms with Crippen LogP contribution in [0.3, 0.4) is 0 Å². The van der Waals surface area contributed by atoms with Crippen LogP contribution in [0.25, 0.3) is 10.9 Å². The molecular weight excluding hydrogens is 502 g/mol. The van der Waals surface area contributed by atoms with Gasteiger partial charge in [-0.3, -0.25) is 14.3 Å². The number of carbonyl (C=O) groups excluding carboxylic acids is 2. The standard InChI is InChI=1S/C30H28F2N4O3/c1-39-21-12-23(31)27(24(32)13-21)22-15-33-29(38)28(22)34-26(37)14-30(9-10-30)20-8-7-19-17-36(35-25(19)11-20)16-18-5-3-2-4-6-18/h2-8,11-13,17,22,28H,9-10,14-16H2,1H3,(H,33,38)(H,34,37)/t22-,28-/m0/s1. The molecule has 1 saturated carbocycles. The van der Waals surface area contributed by atoms with Gasteiger partial charge < -0.3 is 15.4 Å². The number of carbonyl (C=O) groups is 2. The lowest BCUT2D eigenvalue weighted by molar-refractivity contribution is -0.127. The van der Waals surface area contributed by atoms with E-state index < -0.39 is 29.5 Å². The molecule has 0 spiro atoms. The molecule has 6 rings (SSSR count). The van der Waals surface area contributed by atoms with Crippen LogP contribution in [-0.4, -0.2) is 41.3 Å². The molecule has 2 aliphatic rings. The molecule has 2 atom stereocenters. The van der Waals surface area contributed by atoms with Crippen molar-refractivity contribution in [2.45, 2.75) is 43.2 Å². The molecule has 1 aliphatic heterocycles. The first kappa shape index (κ1) is 25.0. The molecule has 1 aromatic heterocycles. The van der Waals surface area contributed by atoms with Gasteiger partial charge in [0.05, 0.1) is 19.2 Å². The number of methoxy groups -OCH3 is 1. The quantitative estimate of drug-likeness (QED) is 0.358. The Morgan fingerprint density at radius 3 is 2.56 bits per heavy atom. The molecular formula is C30H28F2N4O3. The van der Waals surface area contributed by atoms with Gasteiger partial charge in [0.2, 0.25) is 11.8 Å². The van der Waals surface area contributed by atoms with Crippen molar-refractivity contribution in [3.63, 3.8) is 0 Å². The highest BCUT2D eigenvalue weighted by Gasteiger charge is 2.47. The molecule has 2 fully saturated rings. The molecule has 2 N–H and O–H groups in total. The predicted molar refractivity (Wildman–Crippen MR) is 141 cm³/mol. The lowest BCUT2D eigenvalue weighted by atomic mass is 9.90. The summed E-state index contributed by atoms with van der Waals surface area (Å²) in [7, 11) is 1.32. The van der Waals surface area contributed by atoms with Crippen molar-refractivity contribution in [2.75, 3.05) is 13.7 Å². The first-order valence-corrected chi connectivity index (χ1v) is 13.0. The number of halogens is 2. The third-order valence-corrected chi connectivity index (χ3v) is 7.86. The molecule has 0 bridgehead atoms. The van der Waals surface area contributed by atoms with Gasteiger partial charge in [-0.1, -0.05) is 42.5 Å². The number of rotatable bonds is 8. The van der Waals surface area contributed by atoms with Crippen LogP contribution in [0.2, 0.25) is 0 Å². The Morgan fingerprint density at radius 2 is 1.87 bits per heavy atom. The molecule has 0 unspecified atom stereocenters. The van der Waals surface area contributed by atoms with Gasteiger partial charge in [-0.15, -0.1) is 0 Å². The van der Waals surface area contributed by atoms with E-state index in [1.54, 1.807) is 0 Å². The number of fused-ring (bicyclic) bond motifs is 1. The van der Waals surface area contributed by atoms with Crippen LogP contribution in [0.4, 0.5) is 8.78 Å². The van der Waals surface area contributed by atoms with Gasteiger partial charge in [-0.05, 0) is 30.0 Å². The van der Waals surface area contributed by atoms with Crippen molar-refractivity contribution in [3.8, 4) is 5.75 Å². The third kappa shape index (κ3) is 4.84. The molecule has 2 heterocycles. The number of ether oxygens (including phenoxy) is 1. The molecule has 4 aromatic rings. The van der Waals surface area contributed by atoms with Crippen molar-refractivity contribution in [1.29, 1.82) is 0 Å². The molecule has 2 amide bonds. The van der Waals surface area contributed by atoms with Crippen molar-refractivity contribution < 1.29 is 23.1 Å². The summed E-state index contributed by atoms with van der Waals surface area (Å²) in [4.78, 5) is 25.7. The number of nitrogens with one attached hydrogen (secondary N) is 2. The number of hydrogen-bond acceptors (Lipinski definition) is 4. The monoisotopic (exact) mass is 530 g/mol. The third-order valence-electron chi connectivity index (χ3n) is 7.86. The second-order valence-electron chi connectivity index (χ2n) is 10.4. The van der Waals surface area contributed by atoms with Crippen LogP contribution in [0.1, 0.15) is 41.9 Å². The lowest BCUT2D eigenvalue weighted by Gasteiger charge is -2.22. The Labute approximate surface area is 224 Å². The van der Waals surface area contributed by atoms with Gasteiger partial charge in [-0.25, -0.2) is 8.78 Å². The van der Waals surface area contributed by atoms with Crippen LogP contribution < -0.4 is 15.4 Å². The topological polar surface area (TPSA) is 85.3 Å². The molecule has 0 radical (unpaired) electrons. The van der Waals surface area contributed by atoms with E-state index >= 15 is 0 Å². The molecule has 200 valence electrons. The summed E-state index contributed by atoms with van der Waals surface area (Å²) in [5.74, 6) is -3.24. The Hall–Kier alpha value is -4.27. The summed E-state index contributed by atoms with van der Waals surface area (Å²) < 4.78 is 36.4. The van der Waals surface area contributed by atoms with E-state index in [2.05, 4.69) is 22.8 Å². The summed E-state index contributed by atoms with van der Waals surface area (Å²) in [6.45, 7) is 0.690. The zero-order valence-corrected chi connectivity index (χ0v) is 21.4. The van der Waals surface area contributed by atoms with Gasteiger partial charge in [0.15, 0.2) is 0 Å². The van der Waals surface area contributed by atoms with Crippen LogP contribution in [0.5, 0.6) is 5.75 Å². The smallest absolute Gasteiger partial charge is 0.243 e. The predicted octanol–water partition coefficient (Wildman–Crippen LogP) is 4.19. The summed E-state index contributed by atoms with van der Waals surface area (Å²) >= 11 is 0. The van der Waals surface area contributed by atoms with Crippen molar-refractivity contribution >= 4 is 22.7 Å². The summed E-state index contributed by atoms with van der Waals surface area (Å²) in [6.07, 6.45) is 3.85. The highest BCUT2D eigenvalue weighted by Crippen LogP contribution is 2.51. The molecule has 7 nitrogen and oxygen atoms in total.